The molecule has 1 aromatic carbocycles. The van der Waals surface area contributed by atoms with E-state index in [1.54, 1.807) is 13.2 Å². The van der Waals surface area contributed by atoms with Crippen molar-refractivity contribution < 1.29 is 19.1 Å². The maximum atomic E-state index is 12.3. The van der Waals surface area contributed by atoms with Crippen molar-refractivity contribution in [3.8, 4) is 5.75 Å². The average Bonchev–Trinajstić information content (AvgIpc) is 3.03. The Morgan fingerprint density at radius 1 is 1.12 bits per heavy atom. The van der Waals surface area contributed by atoms with E-state index in [9.17, 15) is 9.59 Å². The molecule has 3 rings (SSSR count). The molecule has 136 valence electrons. The maximum Gasteiger partial charge on any atom is 0.341 e. The van der Waals surface area contributed by atoms with E-state index in [-0.39, 0.29) is 11.9 Å². The first kappa shape index (κ1) is 18.2. The summed E-state index contributed by atoms with van der Waals surface area (Å²) in [6.07, 6.45) is 7.15. The Morgan fingerprint density at radius 3 is 2.54 bits per heavy atom. The van der Waals surface area contributed by atoms with Crippen LogP contribution in [0.5, 0.6) is 5.75 Å². The van der Waals surface area contributed by atoms with Crippen LogP contribution in [0, 0.1) is 0 Å². The molecule has 5 nitrogen and oxygen atoms in total. The Hall–Kier alpha value is -2.60. The highest BCUT2D eigenvalue weighted by atomic mass is 32.1. The molecule has 0 bridgehead atoms. The van der Waals surface area contributed by atoms with Crippen LogP contribution in [0.1, 0.15) is 39.2 Å². The third-order valence-corrected chi connectivity index (χ3v) is 5.55. The minimum atomic E-state index is -0.390. The van der Waals surface area contributed by atoms with Crippen LogP contribution in [0.2, 0.25) is 0 Å². The van der Waals surface area contributed by atoms with Crippen molar-refractivity contribution in [2.45, 2.75) is 25.7 Å². The van der Waals surface area contributed by atoms with Crippen LogP contribution in [0.4, 0.5) is 5.00 Å². The number of nitrogens with one attached hydrogen (secondary N) is 1. The van der Waals surface area contributed by atoms with Crippen LogP contribution in [-0.4, -0.2) is 26.1 Å². The molecule has 1 aliphatic carbocycles. The molecule has 1 aromatic heterocycles. The molecule has 26 heavy (non-hydrogen) atoms. The van der Waals surface area contributed by atoms with Crippen LogP contribution in [0.15, 0.2) is 30.3 Å². The lowest BCUT2D eigenvalue weighted by atomic mass is 9.95. The van der Waals surface area contributed by atoms with E-state index in [1.807, 2.05) is 24.3 Å². The Bertz CT molecular complexity index is 836. The highest BCUT2D eigenvalue weighted by molar-refractivity contribution is 7.17. The van der Waals surface area contributed by atoms with Crippen molar-refractivity contribution in [1.82, 2.24) is 0 Å². The molecule has 0 atom stereocenters. The first-order valence-corrected chi connectivity index (χ1v) is 9.30. The summed E-state index contributed by atoms with van der Waals surface area (Å²) in [6, 6.07) is 7.40. The highest BCUT2D eigenvalue weighted by Gasteiger charge is 2.26. The smallest absolute Gasteiger partial charge is 0.341 e. The number of anilines is 1. The molecule has 2 aromatic rings. The van der Waals surface area contributed by atoms with Crippen molar-refractivity contribution in [1.29, 1.82) is 0 Å². The lowest BCUT2D eigenvalue weighted by molar-refractivity contribution is -0.111. The zero-order valence-corrected chi connectivity index (χ0v) is 15.7. The number of rotatable bonds is 5. The predicted octanol–water partition coefficient (Wildman–Crippen LogP) is 4.07. The van der Waals surface area contributed by atoms with E-state index >= 15 is 0 Å². The number of fused-ring (bicyclic) bond motifs is 1. The fourth-order valence-electron chi connectivity index (χ4n) is 3.01. The van der Waals surface area contributed by atoms with Crippen molar-refractivity contribution in [2.75, 3.05) is 19.5 Å². The van der Waals surface area contributed by atoms with E-state index in [2.05, 4.69) is 5.32 Å². The van der Waals surface area contributed by atoms with Crippen LogP contribution in [0.3, 0.4) is 0 Å². The summed E-state index contributed by atoms with van der Waals surface area (Å²) in [4.78, 5) is 25.7. The quantitative estimate of drug-likeness (QED) is 0.635. The molecule has 1 amide bonds. The normalized spacial score (nSPS) is 13.3. The monoisotopic (exact) mass is 371 g/mol. The van der Waals surface area contributed by atoms with Crippen LogP contribution in [-0.2, 0) is 22.4 Å². The van der Waals surface area contributed by atoms with Gasteiger partial charge < -0.3 is 14.8 Å². The minimum absolute atomic E-state index is 0.274. The van der Waals surface area contributed by atoms with Gasteiger partial charge in [0.1, 0.15) is 10.8 Å². The van der Waals surface area contributed by atoms with Gasteiger partial charge in [-0.15, -0.1) is 11.3 Å². The van der Waals surface area contributed by atoms with Crippen LogP contribution < -0.4 is 10.1 Å². The molecular formula is C20H21NO4S. The predicted molar refractivity (Wildman–Crippen MR) is 103 cm³/mol. The summed E-state index contributed by atoms with van der Waals surface area (Å²) in [5.74, 6) is 0.0990. The van der Waals surface area contributed by atoms with Gasteiger partial charge in [-0.05, 0) is 55.0 Å². The molecular weight excluding hydrogens is 350 g/mol. The molecule has 0 saturated heterocycles. The number of carbonyl (C=O) groups is 2. The van der Waals surface area contributed by atoms with Gasteiger partial charge in [-0.25, -0.2) is 4.79 Å². The summed E-state index contributed by atoms with van der Waals surface area (Å²) in [6.45, 7) is 0. The van der Waals surface area contributed by atoms with E-state index in [4.69, 9.17) is 9.47 Å². The van der Waals surface area contributed by atoms with Crippen molar-refractivity contribution in [2.24, 2.45) is 0 Å². The second kappa shape index (κ2) is 8.19. The lowest BCUT2D eigenvalue weighted by Gasteiger charge is -2.11. The largest absolute Gasteiger partial charge is 0.497 e. The van der Waals surface area contributed by atoms with E-state index in [1.165, 1.54) is 29.4 Å². The molecule has 0 unspecified atom stereocenters. The fraction of sp³-hybridized carbons (Fsp3) is 0.300. The van der Waals surface area contributed by atoms with Gasteiger partial charge in [-0.2, -0.15) is 0 Å². The standard InChI is InChI=1S/C20H21NO4S/c1-24-14-10-7-13(8-11-14)9-12-17(22)21-19-18(20(23)25-2)15-5-3-4-6-16(15)26-19/h7-12H,3-6H2,1-2H3,(H,21,22). The van der Waals surface area contributed by atoms with E-state index in [0.717, 1.165) is 42.6 Å². The minimum Gasteiger partial charge on any atom is -0.497 e. The van der Waals surface area contributed by atoms with Crippen molar-refractivity contribution in [3.05, 3.63) is 51.9 Å². The number of ether oxygens (including phenoxy) is 2. The number of esters is 1. The number of hydrogen-bond donors (Lipinski definition) is 1. The highest BCUT2D eigenvalue weighted by Crippen LogP contribution is 2.38. The Morgan fingerprint density at radius 2 is 1.85 bits per heavy atom. The molecule has 1 aliphatic rings. The number of thiophene rings is 1. The maximum absolute atomic E-state index is 12.3. The first-order chi connectivity index (χ1) is 12.6. The number of hydrogen-bond acceptors (Lipinski definition) is 5. The van der Waals surface area contributed by atoms with Gasteiger partial charge in [0.2, 0.25) is 5.91 Å². The SMILES string of the molecule is COC(=O)c1c(NC(=O)C=Cc2ccc(OC)cc2)sc2c1CCCC2. The van der Waals surface area contributed by atoms with Crippen molar-refractivity contribution >= 4 is 34.3 Å². The third-order valence-electron chi connectivity index (χ3n) is 4.34. The Balaban J connectivity index is 1.77. The number of benzene rings is 1. The van der Waals surface area contributed by atoms with Crippen LogP contribution in [0.25, 0.3) is 6.08 Å². The van der Waals surface area contributed by atoms with Crippen molar-refractivity contribution in [3.63, 3.8) is 0 Å². The second-order valence-corrected chi connectivity index (χ2v) is 7.11. The Labute approximate surface area is 156 Å². The molecule has 6 heteroatoms. The molecule has 0 aliphatic heterocycles. The summed E-state index contributed by atoms with van der Waals surface area (Å²) in [5, 5.41) is 3.42. The lowest BCUT2D eigenvalue weighted by Crippen LogP contribution is -2.13. The van der Waals surface area contributed by atoms with Gasteiger partial charge in [0, 0.05) is 11.0 Å². The van der Waals surface area contributed by atoms with Gasteiger partial charge >= 0.3 is 5.97 Å². The third kappa shape index (κ3) is 3.96. The summed E-state index contributed by atoms with van der Waals surface area (Å²) in [7, 11) is 2.97. The fourth-order valence-corrected chi connectivity index (χ4v) is 4.29. The Kier molecular flexibility index (Phi) is 5.73. The number of carbonyl (C=O) groups excluding carboxylic acids is 2. The van der Waals surface area contributed by atoms with Gasteiger partial charge in [0.25, 0.3) is 0 Å². The van der Waals surface area contributed by atoms with Gasteiger partial charge in [-0.1, -0.05) is 12.1 Å². The topological polar surface area (TPSA) is 64.6 Å². The molecule has 0 fully saturated rings. The zero-order chi connectivity index (χ0) is 18.5. The van der Waals surface area contributed by atoms with E-state index in [0.29, 0.717) is 10.6 Å². The summed E-state index contributed by atoms with van der Waals surface area (Å²) >= 11 is 1.48. The van der Waals surface area contributed by atoms with Gasteiger partial charge in [-0.3, -0.25) is 4.79 Å². The summed E-state index contributed by atoms with van der Waals surface area (Å²) in [5.41, 5.74) is 2.43. The molecule has 1 heterocycles. The van der Waals surface area contributed by atoms with E-state index < -0.39 is 0 Å². The average molecular weight is 371 g/mol. The summed E-state index contributed by atoms with van der Waals surface area (Å²) < 4.78 is 10.0. The molecule has 0 spiro atoms. The van der Waals surface area contributed by atoms with Crippen LogP contribution >= 0.6 is 11.3 Å². The van der Waals surface area contributed by atoms with Gasteiger partial charge in [0.05, 0.1) is 19.8 Å². The molecule has 1 N–H and O–H groups in total. The second-order valence-electron chi connectivity index (χ2n) is 6.00. The zero-order valence-electron chi connectivity index (χ0n) is 14.8. The number of amides is 1. The number of aryl methyl sites for hydroxylation is 1. The van der Waals surface area contributed by atoms with Gasteiger partial charge in [0.15, 0.2) is 0 Å². The first-order valence-electron chi connectivity index (χ1n) is 8.48. The molecule has 0 radical (unpaired) electrons. The molecule has 0 saturated carbocycles. The number of methoxy groups -OCH3 is 2.